The summed E-state index contributed by atoms with van der Waals surface area (Å²) < 4.78 is 4.60. The number of benzene rings is 2. The third-order valence-corrected chi connectivity index (χ3v) is 6.06. The molecular weight excluding hydrogens is 398 g/mol. The van der Waals surface area contributed by atoms with Gasteiger partial charge in [0.05, 0.1) is 18.1 Å². The summed E-state index contributed by atoms with van der Waals surface area (Å²) >= 11 is 0. The van der Waals surface area contributed by atoms with Gasteiger partial charge in [-0.15, -0.1) is 0 Å². The van der Waals surface area contributed by atoms with E-state index >= 15 is 0 Å². The molecule has 1 saturated heterocycles. The van der Waals surface area contributed by atoms with Crippen LogP contribution in [0, 0.1) is 5.92 Å². The largest absolute Gasteiger partial charge is 0.453 e. The molecule has 2 amide bonds. The Labute approximate surface area is 178 Å². The highest BCUT2D eigenvalue weighted by Crippen LogP contribution is 2.43. The van der Waals surface area contributed by atoms with Crippen LogP contribution >= 0.6 is 0 Å². The van der Waals surface area contributed by atoms with Gasteiger partial charge in [-0.3, -0.25) is 10.1 Å². The number of nitrogens with zero attached hydrogens (tertiary/aromatic N) is 2. The number of anilines is 1. The molecule has 2 unspecified atom stereocenters. The van der Waals surface area contributed by atoms with Gasteiger partial charge < -0.3 is 25.0 Å². The van der Waals surface area contributed by atoms with E-state index in [2.05, 4.69) is 25.3 Å². The maximum atomic E-state index is 13.3. The SMILES string of the molecule is COC(=O)Nc1nc2ccc(C3(O)c4ccccc4C(=O)N3CC3CCNC3)cc2[nH]1. The quantitative estimate of drug-likeness (QED) is 0.512. The highest BCUT2D eigenvalue weighted by atomic mass is 16.5. The third-order valence-electron chi connectivity index (χ3n) is 6.06. The standard InChI is InChI=1S/C22H23N5O4/c1-31-21(29)26-20-24-17-7-6-14(10-18(17)25-20)22(30)16-5-3-2-4-15(16)19(28)27(22)12-13-8-9-23-11-13/h2-7,10,13,23,30H,8-9,11-12H2,1H3,(H2,24,25,26,29). The summed E-state index contributed by atoms with van der Waals surface area (Å²) in [5, 5.41) is 17.8. The number of rotatable bonds is 4. The molecule has 5 rings (SSSR count). The Balaban J connectivity index is 1.58. The molecule has 1 fully saturated rings. The van der Waals surface area contributed by atoms with Crippen LogP contribution in [0.4, 0.5) is 10.7 Å². The van der Waals surface area contributed by atoms with Gasteiger partial charge >= 0.3 is 6.09 Å². The fourth-order valence-electron chi connectivity index (χ4n) is 4.50. The predicted molar refractivity (Wildman–Crippen MR) is 114 cm³/mol. The van der Waals surface area contributed by atoms with E-state index in [1.54, 1.807) is 41.3 Å². The molecule has 3 aromatic rings. The lowest BCUT2D eigenvalue weighted by molar-refractivity contribution is -0.0550. The van der Waals surface area contributed by atoms with Crippen molar-refractivity contribution in [2.45, 2.75) is 12.1 Å². The van der Waals surface area contributed by atoms with E-state index < -0.39 is 11.8 Å². The van der Waals surface area contributed by atoms with Crippen LogP contribution in [0.5, 0.6) is 0 Å². The normalized spacial score (nSPS) is 22.7. The van der Waals surface area contributed by atoms with Crippen LogP contribution in [0.2, 0.25) is 0 Å². The average Bonchev–Trinajstić information content (AvgIpc) is 3.49. The molecule has 0 aliphatic carbocycles. The number of carbonyl (C=O) groups is 2. The van der Waals surface area contributed by atoms with Crippen molar-refractivity contribution in [2.24, 2.45) is 5.92 Å². The molecule has 0 spiro atoms. The van der Waals surface area contributed by atoms with Crippen LogP contribution in [-0.4, -0.2) is 58.7 Å². The average molecular weight is 421 g/mol. The summed E-state index contributed by atoms with van der Waals surface area (Å²) in [6, 6.07) is 12.5. The second-order valence-electron chi connectivity index (χ2n) is 7.93. The van der Waals surface area contributed by atoms with Crippen molar-refractivity contribution in [3.8, 4) is 0 Å². The number of hydrogen-bond acceptors (Lipinski definition) is 6. The number of nitrogens with one attached hydrogen (secondary N) is 3. The van der Waals surface area contributed by atoms with Crippen molar-refractivity contribution in [1.82, 2.24) is 20.2 Å². The summed E-state index contributed by atoms with van der Waals surface area (Å²) in [6.45, 7) is 2.18. The van der Waals surface area contributed by atoms with Gasteiger partial charge in [-0.25, -0.2) is 9.78 Å². The van der Waals surface area contributed by atoms with Gasteiger partial charge in [0.25, 0.3) is 5.91 Å². The minimum atomic E-state index is -1.59. The Hall–Kier alpha value is -3.43. The Morgan fingerprint density at radius 3 is 2.97 bits per heavy atom. The molecule has 2 aliphatic rings. The Morgan fingerprint density at radius 1 is 1.35 bits per heavy atom. The summed E-state index contributed by atoms with van der Waals surface area (Å²) in [7, 11) is 1.27. The Morgan fingerprint density at radius 2 is 2.19 bits per heavy atom. The molecule has 2 atom stereocenters. The molecule has 2 aromatic carbocycles. The van der Waals surface area contributed by atoms with Gasteiger partial charge in [0, 0.05) is 23.2 Å². The Bertz CT molecular complexity index is 1170. The fraction of sp³-hybridized carbons (Fsp3) is 0.318. The molecule has 2 aliphatic heterocycles. The van der Waals surface area contributed by atoms with E-state index in [-0.39, 0.29) is 17.8 Å². The summed E-state index contributed by atoms with van der Waals surface area (Å²) in [6.07, 6.45) is 0.322. The predicted octanol–water partition coefficient (Wildman–Crippen LogP) is 2.00. The molecule has 3 heterocycles. The Kier molecular flexibility index (Phi) is 4.64. The minimum absolute atomic E-state index is 0.178. The van der Waals surface area contributed by atoms with Gasteiger partial charge in [0.1, 0.15) is 0 Å². The first-order valence-corrected chi connectivity index (χ1v) is 10.2. The second-order valence-corrected chi connectivity index (χ2v) is 7.93. The van der Waals surface area contributed by atoms with Gasteiger partial charge in [-0.1, -0.05) is 24.3 Å². The number of aromatic nitrogens is 2. The summed E-state index contributed by atoms with van der Waals surface area (Å²) in [4.78, 5) is 33.6. The van der Waals surface area contributed by atoms with Crippen molar-refractivity contribution >= 4 is 29.0 Å². The number of hydrogen-bond donors (Lipinski definition) is 4. The maximum Gasteiger partial charge on any atom is 0.413 e. The molecule has 0 radical (unpaired) electrons. The molecule has 160 valence electrons. The number of amides is 2. The first-order chi connectivity index (χ1) is 15.0. The van der Waals surface area contributed by atoms with Gasteiger partial charge in [-0.2, -0.15) is 0 Å². The zero-order valence-electron chi connectivity index (χ0n) is 17.0. The monoisotopic (exact) mass is 421 g/mol. The highest BCUT2D eigenvalue weighted by molar-refractivity contribution is 6.00. The van der Waals surface area contributed by atoms with Crippen molar-refractivity contribution < 1.29 is 19.4 Å². The number of carbonyl (C=O) groups excluding carboxylic acids is 2. The van der Waals surface area contributed by atoms with Crippen molar-refractivity contribution in [3.05, 3.63) is 59.2 Å². The van der Waals surface area contributed by atoms with Crippen LogP contribution in [0.3, 0.4) is 0 Å². The number of methoxy groups -OCH3 is 1. The van der Waals surface area contributed by atoms with Crippen LogP contribution in [0.15, 0.2) is 42.5 Å². The lowest BCUT2D eigenvalue weighted by Gasteiger charge is -2.36. The molecule has 0 bridgehead atoms. The van der Waals surface area contributed by atoms with Gasteiger partial charge in [0.15, 0.2) is 5.72 Å². The highest BCUT2D eigenvalue weighted by Gasteiger charge is 2.50. The lowest BCUT2D eigenvalue weighted by atomic mass is 9.93. The van der Waals surface area contributed by atoms with Crippen LogP contribution in [0.25, 0.3) is 11.0 Å². The number of ether oxygens (including phenoxy) is 1. The number of fused-ring (bicyclic) bond motifs is 2. The van der Waals surface area contributed by atoms with E-state index in [9.17, 15) is 14.7 Å². The molecule has 31 heavy (non-hydrogen) atoms. The zero-order chi connectivity index (χ0) is 21.6. The smallest absolute Gasteiger partial charge is 0.413 e. The topological polar surface area (TPSA) is 120 Å². The van der Waals surface area contributed by atoms with E-state index in [1.165, 1.54) is 7.11 Å². The third kappa shape index (κ3) is 3.13. The van der Waals surface area contributed by atoms with Gasteiger partial charge in [-0.05, 0) is 43.6 Å². The van der Waals surface area contributed by atoms with E-state index in [0.717, 1.165) is 19.5 Å². The zero-order valence-corrected chi connectivity index (χ0v) is 17.0. The van der Waals surface area contributed by atoms with Gasteiger partial charge in [0.2, 0.25) is 5.95 Å². The number of H-pyrrole nitrogens is 1. The summed E-state index contributed by atoms with van der Waals surface area (Å²) in [5.41, 5.74) is 1.27. The second kappa shape index (κ2) is 7.36. The minimum Gasteiger partial charge on any atom is -0.453 e. The molecule has 0 saturated carbocycles. The first kappa shape index (κ1) is 19.5. The number of imidazole rings is 1. The van der Waals surface area contributed by atoms with Crippen molar-refractivity contribution in [1.29, 1.82) is 0 Å². The lowest BCUT2D eigenvalue weighted by Crippen LogP contribution is -2.47. The molecule has 9 nitrogen and oxygen atoms in total. The fourth-order valence-corrected chi connectivity index (χ4v) is 4.50. The van der Waals surface area contributed by atoms with E-state index in [0.29, 0.717) is 34.3 Å². The van der Waals surface area contributed by atoms with Crippen molar-refractivity contribution in [2.75, 3.05) is 32.1 Å². The molecule has 9 heteroatoms. The molecule has 1 aromatic heterocycles. The number of aliphatic hydroxyl groups is 1. The molecular formula is C22H23N5O4. The van der Waals surface area contributed by atoms with E-state index in [1.807, 2.05) is 6.07 Å². The summed E-state index contributed by atoms with van der Waals surface area (Å²) in [5.74, 6) is 0.335. The van der Waals surface area contributed by atoms with Crippen LogP contribution in [-0.2, 0) is 10.5 Å². The first-order valence-electron chi connectivity index (χ1n) is 10.2. The maximum absolute atomic E-state index is 13.3. The number of aromatic amines is 1. The van der Waals surface area contributed by atoms with Crippen LogP contribution < -0.4 is 10.6 Å². The van der Waals surface area contributed by atoms with Crippen LogP contribution in [0.1, 0.15) is 27.9 Å². The molecule has 4 N–H and O–H groups in total. The van der Waals surface area contributed by atoms with Crippen molar-refractivity contribution in [3.63, 3.8) is 0 Å². The van der Waals surface area contributed by atoms with E-state index in [4.69, 9.17) is 0 Å².